The molecule has 4 nitrogen and oxygen atoms in total. The van der Waals surface area contributed by atoms with Crippen LogP contribution in [-0.4, -0.2) is 16.5 Å². The maximum atomic E-state index is 12.0. The molecule has 0 aliphatic rings. The van der Waals surface area contributed by atoms with Gasteiger partial charge < -0.3 is 4.98 Å². The molecule has 0 aliphatic heterocycles. The Kier molecular flexibility index (Phi) is 2.90. The smallest absolute Gasteiger partial charge is 0.275 e. The highest BCUT2D eigenvalue weighted by molar-refractivity contribution is 6.06. The fraction of sp³-hybridized carbons (Fsp3) is 0.308. The first-order valence-electron chi connectivity index (χ1n) is 5.51. The molecular weight excluding hydrogens is 216 g/mol. The number of benzene rings is 1. The van der Waals surface area contributed by atoms with E-state index in [4.69, 9.17) is 4.84 Å². The zero-order valence-electron chi connectivity index (χ0n) is 10.2. The first-order valence-corrected chi connectivity index (χ1v) is 5.51. The van der Waals surface area contributed by atoms with E-state index in [-0.39, 0.29) is 5.91 Å². The number of hydrogen-bond donors (Lipinski definition) is 2. The second-order valence-electron chi connectivity index (χ2n) is 4.91. The van der Waals surface area contributed by atoms with Crippen LogP contribution in [0.3, 0.4) is 0 Å². The van der Waals surface area contributed by atoms with Gasteiger partial charge in [0, 0.05) is 17.8 Å². The van der Waals surface area contributed by atoms with Gasteiger partial charge >= 0.3 is 0 Å². The molecule has 0 saturated heterocycles. The summed E-state index contributed by atoms with van der Waals surface area (Å²) in [5.74, 6) is -0.231. The van der Waals surface area contributed by atoms with E-state index in [1.807, 2.05) is 39.1 Å². The summed E-state index contributed by atoms with van der Waals surface area (Å²) in [4.78, 5) is 20.2. The minimum atomic E-state index is -0.401. The summed E-state index contributed by atoms with van der Waals surface area (Å²) in [5, 5.41) is 1.90. The van der Waals surface area contributed by atoms with E-state index in [2.05, 4.69) is 10.5 Å². The number of nitrogens with one attached hydrogen (secondary N) is 2. The Morgan fingerprint density at radius 1 is 1.29 bits per heavy atom. The highest BCUT2D eigenvalue weighted by Gasteiger charge is 2.15. The molecule has 1 amide bonds. The fourth-order valence-electron chi connectivity index (χ4n) is 1.54. The van der Waals surface area contributed by atoms with Gasteiger partial charge in [0.1, 0.15) is 0 Å². The third-order valence-electron chi connectivity index (χ3n) is 2.30. The van der Waals surface area contributed by atoms with Crippen LogP contribution in [0.15, 0.2) is 30.6 Å². The van der Waals surface area contributed by atoms with Gasteiger partial charge in [0.15, 0.2) is 0 Å². The van der Waals surface area contributed by atoms with Crippen molar-refractivity contribution in [2.45, 2.75) is 26.4 Å². The van der Waals surface area contributed by atoms with Gasteiger partial charge in [-0.25, -0.2) is 5.48 Å². The Hall–Kier alpha value is -1.81. The Morgan fingerprint density at radius 2 is 2.06 bits per heavy atom. The molecule has 2 rings (SSSR count). The van der Waals surface area contributed by atoms with Crippen LogP contribution >= 0.6 is 0 Å². The molecule has 90 valence electrons. The average molecular weight is 232 g/mol. The lowest BCUT2D eigenvalue weighted by Gasteiger charge is -2.19. The molecular formula is C13H16N2O2. The predicted molar refractivity (Wildman–Crippen MR) is 66.6 cm³/mol. The van der Waals surface area contributed by atoms with Gasteiger partial charge in [-0.05, 0) is 32.2 Å². The topological polar surface area (TPSA) is 54.1 Å². The number of rotatable bonds is 2. The summed E-state index contributed by atoms with van der Waals surface area (Å²) in [6.07, 6.45) is 3.66. The quantitative estimate of drug-likeness (QED) is 0.782. The molecule has 2 N–H and O–H groups in total. The van der Waals surface area contributed by atoms with Gasteiger partial charge in [-0.15, -0.1) is 0 Å². The molecule has 0 aliphatic carbocycles. The van der Waals surface area contributed by atoms with E-state index < -0.39 is 5.60 Å². The first-order chi connectivity index (χ1) is 7.97. The van der Waals surface area contributed by atoms with Gasteiger partial charge in [0.2, 0.25) is 0 Å². The number of amides is 1. The molecule has 0 radical (unpaired) electrons. The summed E-state index contributed by atoms with van der Waals surface area (Å²) in [6.45, 7) is 5.64. The van der Waals surface area contributed by atoms with Crippen molar-refractivity contribution in [3.8, 4) is 0 Å². The largest absolute Gasteiger partial charge is 0.366 e. The Morgan fingerprint density at radius 3 is 2.76 bits per heavy atom. The van der Waals surface area contributed by atoms with E-state index in [0.29, 0.717) is 5.56 Å². The second kappa shape index (κ2) is 4.22. The van der Waals surface area contributed by atoms with Gasteiger partial charge in [-0.3, -0.25) is 9.63 Å². The van der Waals surface area contributed by atoms with E-state index in [1.54, 1.807) is 12.3 Å². The van der Waals surface area contributed by atoms with Crippen molar-refractivity contribution in [1.82, 2.24) is 10.5 Å². The van der Waals surface area contributed by atoms with Gasteiger partial charge in [-0.2, -0.15) is 0 Å². The van der Waals surface area contributed by atoms with Crippen molar-refractivity contribution in [1.29, 1.82) is 0 Å². The average Bonchev–Trinajstić information content (AvgIpc) is 2.72. The summed E-state index contributed by atoms with van der Waals surface area (Å²) in [6, 6.07) is 5.58. The number of carbonyl (C=O) groups excluding carboxylic acids is 1. The van der Waals surface area contributed by atoms with Crippen LogP contribution in [0.25, 0.3) is 10.8 Å². The normalized spacial score (nSPS) is 11.7. The lowest BCUT2D eigenvalue weighted by molar-refractivity contribution is -0.0589. The van der Waals surface area contributed by atoms with Crippen LogP contribution in [0.5, 0.6) is 0 Å². The number of aromatic nitrogens is 1. The van der Waals surface area contributed by atoms with Crippen LogP contribution in [0, 0.1) is 0 Å². The van der Waals surface area contributed by atoms with Gasteiger partial charge in [0.25, 0.3) is 5.91 Å². The number of aromatic amines is 1. The summed E-state index contributed by atoms with van der Waals surface area (Å²) in [7, 11) is 0. The van der Waals surface area contributed by atoms with Crippen molar-refractivity contribution in [2.24, 2.45) is 0 Å². The van der Waals surface area contributed by atoms with Crippen LogP contribution < -0.4 is 5.48 Å². The van der Waals surface area contributed by atoms with Gasteiger partial charge in [-0.1, -0.05) is 12.1 Å². The van der Waals surface area contributed by atoms with E-state index >= 15 is 0 Å². The minimum Gasteiger partial charge on any atom is -0.366 e. The molecule has 0 spiro atoms. The number of fused-ring (bicyclic) bond motifs is 1. The highest BCUT2D eigenvalue weighted by Crippen LogP contribution is 2.18. The molecule has 2 aromatic rings. The molecule has 0 atom stereocenters. The number of H-pyrrole nitrogens is 1. The van der Waals surface area contributed by atoms with Crippen molar-refractivity contribution in [3.63, 3.8) is 0 Å². The Bertz CT molecular complexity index is 538. The third-order valence-corrected chi connectivity index (χ3v) is 2.30. The molecule has 0 saturated carbocycles. The van der Waals surface area contributed by atoms with Crippen molar-refractivity contribution in [3.05, 3.63) is 36.2 Å². The molecule has 1 aromatic heterocycles. The van der Waals surface area contributed by atoms with Gasteiger partial charge in [0.05, 0.1) is 11.2 Å². The van der Waals surface area contributed by atoms with Crippen LogP contribution in [0.1, 0.15) is 31.1 Å². The summed E-state index contributed by atoms with van der Waals surface area (Å²) >= 11 is 0. The standard InChI is InChI=1S/C13H16N2O2/c1-13(2,3)17-15-12(16)10-6-4-5-9-7-14-8-11(9)10/h4-8,14H,1-3H3,(H,15,16). The lowest BCUT2D eigenvalue weighted by Crippen LogP contribution is -2.33. The zero-order chi connectivity index (χ0) is 12.5. The molecule has 4 heteroatoms. The molecule has 1 heterocycles. The van der Waals surface area contributed by atoms with Crippen LogP contribution in [0.4, 0.5) is 0 Å². The van der Waals surface area contributed by atoms with Crippen LogP contribution in [0.2, 0.25) is 0 Å². The predicted octanol–water partition coefficient (Wildman–Crippen LogP) is 2.63. The summed E-state index contributed by atoms with van der Waals surface area (Å²) in [5.41, 5.74) is 2.67. The minimum absolute atomic E-state index is 0.231. The SMILES string of the molecule is CC(C)(C)ONC(=O)c1cccc2c[nH]cc12. The number of hydroxylamine groups is 1. The molecule has 0 fully saturated rings. The molecule has 0 unspecified atom stereocenters. The number of carbonyl (C=O) groups is 1. The molecule has 1 aromatic carbocycles. The maximum Gasteiger partial charge on any atom is 0.275 e. The second-order valence-corrected chi connectivity index (χ2v) is 4.91. The van der Waals surface area contributed by atoms with Crippen LogP contribution in [-0.2, 0) is 4.84 Å². The third kappa shape index (κ3) is 2.65. The monoisotopic (exact) mass is 232 g/mol. The highest BCUT2D eigenvalue weighted by atomic mass is 16.7. The Balaban J connectivity index is 2.22. The Labute approximate surface area is 99.9 Å². The maximum absolute atomic E-state index is 12.0. The van der Waals surface area contributed by atoms with E-state index in [9.17, 15) is 4.79 Å². The van der Waals surface area contributed by atoms with Crippen molar-refractivity contribution < 1.29 is 9.63 Å². The molecule has 17 heavy (non-hydrogen) atoms. The van der Waals surface area contributed by atoms with E-state index in [0.717, 1.165) is 10.8 Å². The molecule has 0 bridgehead atoms. The first kappa shape index (κ1) is 11.7. The van der Waals surface area contributed by atoms with Crippen molar-refractivity contribution in [2.75, 3.05) is 0 Å². The zero-order valence-corrected chi connectivity index (χ0v) is 10.2. The fourth-order valence-corrected chi connectivity index (χ4v) is 1.54. The summed E-state index contributed by atoms with van der Waals surface area (Å²) < 4.78 is 0. The van der Waals surface area contributed by atoms with Crippen molar-refractivity contribution >= 4 is 16.7 Å². The number of hydrogen-bond acceptors (Lipinski definition) is 2. The van der Waals surface area contributed by atoms with E-state index in [1.165, 1.54) is 0 Å². The lowest BCUT2D eigenvalue weighted by atomic mass is 10.1.